The molecule has 11 nitrogen and oxygen atoms in total. The molecule has 0 saturated carbocycles. The van der Waals surface area contributed by atoms with Crippen molar-refractivity contribution in [2.24, 2.45) is 0 Å². The summed E-state index contributed by atoms with van der Waals surface area (Å²) in [5.41, 5.74) is 1.56. The van der Waals surface area contributed by atoms with Crippen LogP contribution in [0.2, 0.25) is 5.15 Å². The molecule has 0 radical (unpaired) electrons. The van der Waals surface area contributed by atoms with Gasteiger partial charge in [0.05, 0.1) is 17.1 Å². The Morgan fingerprint density at radius 1 is 0.978 bits per heavy atom. The largest absolute Gasteiger partial charge is 0.490 e. The zero-order valence-electron chi connectivity index (χ0n) is 24.1. The van der Waals surface area contributed by atoms with Crippen LogP contribution in [-0.4, -0.2) is 61.6 Å². The summed E-state index contributed by atoms with van der Waals surface area (Å²) in [6, 6.07) is 23.7. The van der Waals surface area contributed by atoms with Gasteiger partial charge in [0.1, 0.15) is 11.5 Å². The molecule has 0 bridgehead atoms. The minimum absolute atomic E-state index is 0.109. The van der Waals surface area contributed by atoms with E-state index in [0.717, 1.165) is 38.2 Å². The second-order valence-corrected chi connectivity index (χ2v) is 11.9. The van der Waals surface area contributed by atoms with Gasteiger partial charge in [0, 0.05) is 31.4 Å². The molecule has 1 fully saturated rings. The van der Waals surface area contributed by atoms with E-state index >= 15 is 0 Å². The maximum atomic E-state index is 12.9. The summed E-state index contributed by atoms with van der Waals surface area (Å²) in [6.45, 7) is 3.52. The van der Waals surface area contributed by atoms with Crippen molar-refractivity contribution in [3.8, 4) is 11.5 Å². The number of aromatic nitrogens is 2. The lowest BCUT2D eigenvalue weighted by Gasteiger charge is -2.23. The molecule has 1 aliphatic rings. The standard InChI is InChI=1S/C28H28ClN5O4S.C2HF3O2/c29-28-26(33-17-4-15-30-16-18-33)19-27(35)34(31-28)20-21-7-9-22(10-8-21)32-39(36,37)25-13-11-24(12-14-25)38-23-5-2-1-3-6-23;3-2(4,5)1(6)7/h1-3,5-14,19,30,32H,4,15-18,20H2;(H,6,7). The quantitative estimate of drug-likeness (QED) is 0.235. The molecule has 3 aromatic carbocycles. The maximum absolute atomic E-state index is 12.9. The van der Waals surface area contributed by atoms with Gasteiger partial charge in [0.25, 0.3) is 15.6 Å². The first kappa shape index (κ1) is 34.3. The number of carboxylic acid groups (broad SMARTS) is 1. The van der Waals surface area contributed by atoms with Crippen LogP contribution in [0.5, 0.6) is 11.5 Å². The van der Waals surface area contributed by atoms with E-state index in [0.29, 0.717) is 22.9 Å². The second kappa shape index (κ2) is 15.1. The highest BCUT2D eigenvalue weighted by atomic mass is 35.5. The summed E-state index contributed by atoms with van der Waals surface area (Å²) < 4.78 is 67.1. The van der Waals surface area contributed by atoms with Crippen LogP contribution in [0.4, 0.5) is 24.5 Å². The number of benzene rings is 3. The summed E-state index contributed by atoms with van der Waals surface area (Å²) in [7, 11) is -3.80. The van der Waals surface area contributed by atoms with Crippen molar-refractivity contribution in [1.82, 2.24) is 15.1 Å². The molecule has 0 spiro atoms. The zero-order valence-corrected chi connectivity index (χ0v) is 25.6. The van der Waals surface area contributed by atoms with Gasteiger partial charge in [-0.1, -0.05) is 41.9 Å². The van der Waals surface area contributed by atoms with E-state index in [9.17, 15) is 26.4 Å². The van der Waals surface area contributed by atoms with Crippen molar-refractivity contribution in [3.63, 3.8) is 0 Å². The van der Waals surface area contributed by atoms with Gasteiger partial charge < -0.3 is 20.1 Å². The van der Waals surface area contributed by atoms with E-state index in [-0.39, 0.29) is 22.2 Å². The summed E-state index contributed by atoms with van der Waals surface area (Å²) in [5.74, 6) is -1.56. The van der Waals surface area contributed by atoms with Crippen molar-refractivity contribution in [1.29, 1.82) is 0 Å². The van der Waals surface area contributed by atoms with E-state index in [1.165, 1.54) is 22.9 Å². The third kappa shape index (κ3) is 9.70. The van der Waals surface area contributed by atoms with Gasteiger partial charge in [-0.15, -0.1) is 0 Å². The Morgan fingerprint density at radius 3 is 2.24 bits per heavy atom. The fourth-order valence-electron chi connectivity index (χ4n) is 4.26. The Balaban J connectivity index is 0.000000617. The lowest BCUT2D eigenvalue weighted by Crippen LogP contribution is -2.31. The van der Waals surface area contributed by atoms with Crippen LogP contribution < -0.4 is 25.2 Å². The first-order valence-electron chi connectivity index (χ1n) is 13.8. The topological polar surface area (TPSA) is 143 Å². The summed E-state index contributed by atoms with van der Waals surface area (Å²) in [4.78, 5) is 23.8. The molecule has 1 aliphatic heterocycles. The second-order valence-electron chi connectivity index (χ2n) is 9.90. The van der Waals surface area contributed by atoms with Crippen molar-refractivity contribution in [2.45, 2.75) is 24.0 Å². The van der Waals surface area contributed by atoms with E-state index in [1.807, 2.05) is 30.3 Å². The van der Waals surface area contributed by atoms with Gasteiger partial charge in [-0.2, -0.15) is 18.3 Å². The van der Waals surface area contributed by atoms with E-state index in [1.54, 1.807) is 36.4 Å². The number of carboxylic acids is 1. The number of ether oxygens (including phenoxy) is 1. The van der Waals surface area contributed by atoms with Gasteiger partial charge in [-0.3, -0.25) is 9.52 Å². The molecular formula is C30H29ClF3N5O6S. The lowest BCUT2D eigenvalue weighted by molar-refractivity contribution is -0.192. The Bertz CT molecular complexity index is 1780. The first-order valence-corrected chi connectivity index (χ1v) is 15.7. The van der Waals surface area contributed by atoms with E-state index in [2.05, 4.69) is 20.0 Å². The van der Waals surface area contributed by atoms with Gasteiger partial charge in [-0.25, -0.2) is 17.9 Å². The summed E-state index contributed by atoms with van der Waals surface area (Å²) in [5, 5.41) is 15.0. The number of hydrogen-bond donors (Lipinski definition) is 3. The molecule has 16 heteroatoms. The Kier molecular flexibility index (Phi) is 11.3. The summed E-state index contributed by atoms with van der Waals surface area (Å²) >= 11 is 6.44. The molecule has 0 unspecified atom stereocenters. The average molecular weight is 680 g/mol. The SMILES string of the molecule is O=C(O)C(F)(F)F.O=c1cc(N2CCCNCC2)c(Cl)nn1Cc1ccc(NS(=O)(=O)c2ccc(Oc3ccccc3)cc2)cc1. The highest BCUT2D eigenvalue weighted by Gasteiger charge is 2.38. The summed E-state index contributed by atoms with van der Waals surface area (Å²) in [6.07, 6.45) is -4.12. The average Bonchev–Trinajstić information content (AvgIpc) is 3.30. The van der Waals surface area contributed by atoms with Crippen LogP contribution >= 0.6 is 11.6 Å². The predicted molar refractivity (Wildman–Crippen MR) is 166 cm³/mol. The van der Waals surface area contributed by atoms with Gasteiger partial charge in [0.15, 0.2) is 5.15 Å². The number of anilines is 2. The Labute approximate surface area is 267 Å². The van der Waals surface area contributed by atoms with Crippen LogP contribution in [0.1, 0.15) is 12.0 Å². The zero-order chi connectivity index (χ0) is 33.3. The monoisotopic (exact) mass is 679 g/mol. The van der Waals surface area contributed by atoms with Crippen molar-refractivity contribution in [3.05, 3.63) is 106 Å². The predicted octanol–water partition coefficient (Wildman–Crippen LogP) is 4.97. The third-order valence-corrected chi connectivity index (χ3v) is 8.18. The number of carbonyl (C=O) groups is 1. The van der Waals surface area contributed by atoms with E-state index in [4.69, 9.17) is 26.2 Å². The van der Waals surface area contributed by atoms with Crippen LogP contribution in [0.15, 0.2) is 94.6 Å². The molecule has 1 saturated heterocycles. The number of halogens is 4. The minimum atomic E-state index is -5.08. The lowest BCUT2D eigenvalue weighted by atomic mass is 10.2. The molecule has 2 heterocycles. The highest BCUT2D eigenvalue weighted by Crippen LogP contribution is 2.25. The number of para-hydroxylation sites is 1. The number of nitrogens with one attached hydrogen (secondary N) is 2. The smallest absolute Gasteiger partial charge is 0.475 e. The van der Waals surface area contributed by atoms with Crippen LogP contribution in [-0.2, 0) is 21.4 Å². The number of aliphatic carboxylic acids is 1. The van der Waals surface area contributed by atoms with Gasteiger partial charge in [-0.05, 0) is 67.1 Å². The number of rotatable bonds is 8. The number of nitrogens with zero attached hydrogens (tertiary/aromatic N) is 3. The fraction of sp³-hybridized carbons (Fsp3) is 0.233. The molecule has 0 amide bonds. The minimum Gasteiger partial charge on any atom is -0.475 e. The number of alkyl halides is 3. The van der Waals surface area contributed by atoms with Crippen LogP contribution in [0, 0.1) is 0 Å². The fourth-order valence-corrected chi connectivity index (χ4v) is 5.58. The molecular weight excluding hydrogens is 651 g/mol. The van der Waals surface area contributed by atoms with Crippen molar-refractivity contribution >= 4 is 39.0 Å². The van der Waals surface area contributed by atoms with Gasteiger partial charge in [0.2, 0.25) is 0 Å². The van der Waals surface area contributed by atoms with Crippen molar-refractivity contribution < 1.29 is 36.2 Å². The molecule has 4 aromatic rings. The Morgan fingerprint density at radius 2 is 1.61 bits per heavy atom. The molecule has 5 rings (SSSR count). The first-order chi connectivity index (χ1) is 21.8. The number of sulfonamides is 1. The van der Waals surface area contributed by atoms with Crippen molar-refractivity contribution in [2.75, 3.05) is 35.8 Å². The normalized spacial score (nSPS) is 13.6. The molecule has 3 N–H and O–H groups in total. The number of hydrogen-bond acceptors (Lipinski definition) is 8. The molecule has 1 aromatic heterocycles. The third-order valence-electron chi connectivity index (χ3n) is 6.51. The molecule has 0 atom stereocenters. The maximum Gasteiger partial charge on any atom is 0.490 e. The molecule has 46 heavy (non-hydrogen) atoms. The van der Waals surface area contributed by atoms with Crippen LogP contribution in [0.25, 0.3) is 0 Å². The van der Waals surface area contributed by atoms with Gasteiger partial charge >= 0.3 is 12.1 Å². The van der Waals surface area contributed by atoms with Crippen LogP contribution in [0.3, 0.4) is 0 Å². The molecule has 244 valence electrons. The highest BCUT2D eigenvalue weighted by molar-refractivity contribution is 7.92. The molecule has 0 aliphatic carbocycles. The van der Waals surface area contributed by atoms with E-state index < -0.39 is 22.2 Å². The Hall–Kier alpha value is -4.60.